The first-order valence-electron chi connectivity index (χ1n) is 5.13. The van der Waals surface area contributed by atoms with Gasteiger partial charge < -0.3 is 5.11 Å². The highest BCUT2D eigenvalue weighted by atomic mass is 16.4. The van der Waals surface area contributed by atoms with Crippen LogP contribution in [0.4, 0.5) is 0 Å². The number of rotatable bonds is 4. The molecule has 0 saturated carbocycles. The third-order valence-corrected chi connectivity index (χ3v) is 1.70. The van der Waals surface area contributed by atoms with E-state index < -0.39 is 5.97 Å². The number of likely N-dealkylation sites (N-methyl/N-ethyl adjacent to an activating group) is 1. The van der Waals surface area contributed by atoms with Crippen LogP contribution in [0.15, 0.2) is 30.3 Å². The maximum atomic E-state index is 10.4. The molecule has 3 nitrogen and oxygen atoms in total. The molecule has 1 N–H and O–H groups in total. The van der Waals surface area contributed by atoms with Crippen molar-refractivity contribution in [3.8, 4) is 0 Å². The molecule has 0 aliphatic heterocycles. The Bertz CT molecular complexity index is 272. The van der Waals surface area contributed by atoms with Crippen molar-refractivity contribution in [2.45, 2.75) is 20.4 Å². The van der Waals surface area contributed by atoms with Crippen molar-refractivity contribution in [3.63, 3.8) is 0 Å². The Labute approximate surface area is 91.3 Å². The minimum Gasteiger partial charge on any atom is -0.480 e. The van der Waals surface area contributed by atoms with Crippen LogP contribution in [0, 0.1) is 0 Å². The minimum absolute atomic E-state index is 0.0783. The van der Waals surface area contributed by atoms with Gasteiger partial charge >= 0.3 is 5.97 Å². The predicted molar refractivity (Wildman–Crippen MR) is 61.8 cm³/mol. The van der Waals surface area contributed by atoms with Crippen molar-refractivity contribution in [1.29, 1.82) is 0 Å². The third-order valence-electron chi connectivity index (χ3n) is 1.70. The maximum Gasteiger partial charge on any atom is 0.317 e. The molecule has 0 fully saturated rings. The number of carboxylic acids is 1. The Balaban J connectivity index is 0.000000921. The predicted octanol–water partition coefficient (Wildman–Crippen LogP) is 2.23. The van der Waals surface area contributed by atoms with Gasteiger partial charge in [0.25, 0.3) is 0 Å². The number of hydrogen-bond acceptors (Lipinski definition) is 2. The molecule has 0 bridgehead atoms. The number of carbonyl (C=O) groups is 1. The first kappa shape index (κ1) is 13.7. The van der Waals surface area contributed by atoms with Crippen molar-refractivity contribution in [2.75, 3.05) is 13.6 Å². The molecule has 0 atom stereocenters. The van der Waals surface area contributed by atoms with Crippen molar-refractivity contribution >= 4 is 5.97 Å². The number of benzene rings is 1. The van der Waals surface area contributed by atoms with Crippen LogP contribution in [0.1, 0.15) is 19.4 Å². The SMILES string of the molecule is CC.CN(CC(=O)O)Cc1ccccc1. The van der Waals surface area contributed by atoms with Crippen molar-refractivity contribution in [1.82, 2.24) is 4.90 Å². The van der Waals surface area contributed by atoms with E-state index in [0.717, 1.165) is 5.56 Å². The summed E-state index contributed by atoms with van der Waals surface area (Å²) in [7, 11) is 1.79. The zero-order chi connectivity index (χ0) is 11.7. The van der Waals surface area contributed by atoms with E-state index >= 15 is 0 Å². The molecule has 15 heavy (non-hydrogen) atoms. The van der Waals surface area contributed by atoms with E-state index in [1.54, 1.807) is 11.9 Å². The molecule has 0 saturated heterocycles. The summed E-state index contributed by atoms with van der Waals surface area (Å²) in [6.45, 7) is 4.75. The van der Waals surface area contributed by atoms with Gasteiger partial charge in [-0.1, -0.05) is 44.2 Å². The highest BCUT2D eigenvalue weighted by Crippen LogP contribution is 2.01. The Morgan fingerprint density at radius 2 is 1.80 bits per heavy atom. The number of aliphatic carboxylic acids is 1. The van der Waals surface area contributed by atoms with E-state index in [9.17, 15) is 4.79 Å². The highest BCUT2D eigenvalue weighted by molar-refractivity contribution is 5.69. The van der Waals surface area contributed by atoms with Gasteiger partial charge in [-0.05, 0) is 12.6 Å². The van der Waals surface area contributed by atoms with E-state index in [1.165, 1.54) is 0 Å². The molecule has 0 radical (unpaired) electrons. The molecule has 0 heterocycles. The van der Waals surface area contributed by atoms with Gasteiger partial charge in [-0.15, -0.1) is 0 Å². The summed E-state index contributed by atoms with van der Waals surface area (Å²) in [6, 6.07) is 9.81. The summed E-state index contributed by atoms with van der Waals surface area (Å²) in [5.41, 5.74) is 1.13. The van der Waals surface area contributed by atoms with Crippen molar-refractivity contribution in [2.24, 2.45) is 0 Å². The quantitative estimate of drug-likeness (QED) is 0.826. The van der Waals surface area contributed by atoms with Gasteiger partial charge in [0, 0.05) is 6.54 Å². The number of hydrogen-bond donors (Lipinski definition) is 1. The molecule has 84 valence electrons. The fraction of sp³-hybridized carbons (Fsp3) is 0.417. The van der Waals surface area contributed by atoms with E-state index in [1.807, 2.05) is 44.2 Å². The molecule has 1 aromatic rings. The van der Waals surface area contributed by atoms with Gasteiger partial charge in [-0.25, -0.2) is 0 Å². The molecule has 0 aromatic heterocycles. The standard InChI is InChI=1S/C10H13NO2.C2H6/c1-11(8-10(12)13)7-9-5-3-2-4-6-9;1-2/h2-6H,7-8H2,1H3,(H,12,13);1-2H3. The zero-order valence-corrected chi connectivity index (χ0v) is 9.60. The first-order valence-corrected chi connectivity index (χ1v) is 5.13. The summed E-state index contributed by atoms with van der Waals surface area (Å²) < 4.78 is 0. The van der Waals surface area contributed by atoms with Crippen LogP contribution in [-0.4, -0.2) is 29.6 Å². The molecule has 0 aliphatic rings. The topological polar surface area (TPSA) is 40.5 Å². The van der Waals surface area contributed by atoms with Gasteiger partial charge in [-0.2, -0.15) is 0 Å². The van der Waals surface area contributed by atoms with E-state index in [-0.39, 0.29) is 6.54 Å². The third kappa shape index (κ3) is 6.69. The minimum atomic E-state index is -0.793. The fourth-order valence-electron chi connectivity index (χ4n) is 1.18. The highest BCUT2D eigenvalue weighted by Gasteiger charge is 2.03. The van der Waals surface area contributed by atoms with Gasteiger partial charge in [0.15, 0.2) is 0 Å². The van der Waals surface area contributed by atoms with E-state index in [4.69, 9.17) is 5.11 Å². The lowest BCUT2D eigenvalue weighted by molar-refractivity contribution is -0.138. The maximum absolute atomic E-state index is 10.4. The summed E-state index contributed by atoms with van der Waals surface area (Å²) in [5, 5.41) is 8.52. The molecular formula is C12H19NO2. The largest absolute Gasteiger partial charge is 0.480 e. The molecule has 3 heteroatoms. The van der Waals surface area contributed by atoms with Crippen LogP contribution in [0.25, 0.3) is 0 Å². The van der Waals surface area contributed by atoms with Crippen LogP contribution in [0.5, 0.6) is 0 Å². The average molecular weight is 209 g/mol. The second-order valence-electron chi connectivity index (χ2n) is 3.05. The molecule has 0 spiro atoms. The van der Waals surface area contributed by atoms with Crippen LogP contribution in [0.2, 0.25) is 0 Å². The molecule has 0 amide bonds. The summed E-state index contributed by atoms with van der Waals surface area (Å²) in [6.07, 6.45) is 0. The molecule has 1 aromatic carbocycles. The molecule has 0 unspecified atom stereocenters. The lowest BCUT2D eigenvalue weighted by Gasteiger charge is -2.13. The van der Waals surface area contributed by atoms with Crippen LogP contribution >= 0.6 is 0 Å². The van der Waals surface area contributed by atoms with Gasteiger partial charge in [0.1, 0.15) is 0 Å². The van der Waals surface area contributed by atoms with Crippen LogP contribution in [0.3, 0.4) is 0 Å². The van der Waals surface area contributed by atoms with Gasteiger partial charge in [0.2, 0.25) is 0 Å². The van der Waals surface area contributed by atoms with Crippen molar-refractivity contribution in [3.05, 3.63) is 35.9 Å². The van der Waals surface area contributed by atoms with E-state index in [2.05, 4.69) is 0 Å². The summed E-state index contributed by atoms with van der Waals surface area (Å²) in [5.74, 6) is -0.793. The summed E-state index contributed by atoms with van der Waals surface area (Å²) >= 11 is 0. The van der Waals surface area contributed by atoms with Crippen LogP contribution < -0.4 is 0 Å². The smallest absolute Gasteiger partial charge is 0.317 e. The van der Waals surface area contributed by atoms with Gasteiger partial charge in [0.05, 0.1) is 6.54 Å². The van der Waals surface area contributed by atoms with Gasteiger partial charge in [-0.3, -0.25) is 9.69 Å². The lowest BCUT2D eigenvalue weighted by atomic mass is 10.2. The Hall–Kier alpha value is -1.35. The summed E-state index contributed by atoms with van der Waals surface area (Å²) in [4.78, 5) is 12.1. The fourth-order valence-corrected chi connectivity index (χ4v) is 1.18. The van der Waals surface area contributed by atoms with Crippen molar-refractivity contribution < 1.29 is 9.90 Å². The number of carboxylic acid groups (broad SMARTS) is 1. The molecular weight excluding hydrogens is 190 g/mol. The normalized spacial score (nSPS) is 9.33. The lowest BCUT2D eigenvalue weighted by Crippen LogP contribution is -2.24. The number of nitrogens with zero attached hydrogens (tertiary/aromatic N) is 1. The second kappa shape index (κ2) is 8.00. The zero-order valence-electron chi connectivity index (χ0n) is 9.60. The Kier molecular flexibility index (Phi) is 7.28. The van der Waals surface area contributed by atoms with Crippen LogP contribution in [-0.2, 0) is 11.3 Å². The Morgan fingerprint density at radius 1 is 1.27 bits per heavy atom. The first-order chi connectivity index (χ1) is 7.18. The second-order valence-corrected chi connectivity index (χ2v) is 3.05. The molecule has 0 aliphatic carbocycles. The molecule has 1 rings (SSSR count). The monoisotopic (exact) mass is 209 g/mol. The average Bonchev–Trinajstić information content (AvgIpc) is 2.21. The van der Waals surface area contributed by atoms with E-state index in [0.29, 0.717) is 6.54 Å². The Morgan fingerprint density at radius 3 is 2.27 bits per heavy atom.